The van der Waals surface area contributed by atoms with E-state index in [9.17, 15) is 0 Å². The lowest BCUT2D eigenvalue weighted by Gasteiger charge is -2.32. The first-order valence-corrected chi connectivity index (χ1v) is 7.63. The Labute approximate surface area is 118 Å². The minimum atomic E-state index is 0.742. The van der Waals surface area contributed by atoms with E-state index in [1.807, 2.05) is 0 Å². The number of halogens is 1. The molecule has 0 N–H and O–H groups in total. The molecular weight excluding hydrogens is 288 g/mol. The fourth-order valence-electron chi connectivity index (χ4n) is 3.49. The van der Waals surface area contributed by atoms with Crippen molar-refractivity contribution in [3.63, 3.8) is 0 Å². The molecule has 0 radical (unpaired) electrons. The normalized spacial score (nSPS) is 25.5. The Kier molecular flexibility index (Phi) is 3.37. The molecule has 3 heteroatoms. The van der Waals surface area contributed by atoms with E-state index < -0.39 is 0 Å². The van der Waals surface area contributed by atoms with Crippen molar-refractivity contribution in [3.05, 3.63) is 28.2 Å². The zero-order chi connectivity index (χ0) is 12.7. The molecule has 98 valence electrons. The van der Waals surface area contributed by atoms with Crippen molar-refractivity contribution < 1.29 is 0 Å². The van der Waals surface area contributed by atoms with Crippen LogP contribution in [0.15, 0.2) is 22.7 Å². The van der Waals surface area contributed by atoms with Gasteiger partial charge in [-0.3, -0.25) is 0 Å². The third-order valence-electron chi connectivity index (χ3n) is 4.61. The van der Waals surface area contributed by atoms with Crippen LogP contribution in [0.5, 0.6) is 0 Å². The van der Waals surface area contributed by atoms with Crippen molar-refractivity contribution in [2.24, 2.45) is 5.92 Å². The number of fused-ring (bicyclic) bond motifs is 1. The lowest BCUT2D eigenvalue weighted by atomic mass is 9.81. The molecule has 18 heavy (non-hydrogen) atoms. The highest BCUT2D eigenvalue weighted by Gasteiger charge is 2.33. The number of hydrogen-bond donors (Lipinski definition) is 0. The average molecular weight is 309 g/mol. The average Bonchev–Trinajstić information content (AvgIpc) is 2.68. The van der Waals surface area contributed by atoms with Crippen molar-refractivity contribution in [1.82, 2.24) is 4.90 Å². The SMILES string of the molecule is CN1CCC(C2CN(C)c3cc(Br)ccc32)CC1. The van der Waals surface area contributed by atoms with Gasteiger partial charge in [0.15, 0.2) is 0 Å². The summed E-state index contributed by atoms with van der Waals surface area (Å²) >= 11 is 3.58. The third kappa shape index (κ3) is 2.19. The molecule has 2 aliphatic rings. The van der Waals surface area contributed by atoms with Crippen LogP contribution in [0, 0.1) is 5.92 Å². The second-order valence-electron chi connectivity index (χ2n) is 5.83. The van der Waals surface area contributed by atoms with Crippen LogP contribution in [0.2, 0.25) is 0 Å². The topological polar surface area (TPSA) is 6.48 Å². The van der Waals surface area contributed by atoms with Gasteiger partial charge in [0.1, 0.15) is 0 Å². The fourth-order valence-corrected chi connectivity index (χ4v) is 3.84. The molecule has 0 amide bonds. The molecule has 0 saturated carbocycles. The van der Waals surface area contributed by atoms with Crippen molar-refractivity contribution in [3.8, 4) is 0 Å². The van der Waals surface area contributed by atoms with Crippen LogP contribution in [0.1, 0.15) is 24.3 Å². The van der Waals surface area contributed by atoms with Gasteiger partial charge < -0.3 is 9.80 Å². The van der Waals surface area contributed by atoms with Crippen molar-refractivity contribution in [2.75, 3.05) is 38.6 Å². The summed E-state index contributed by atoms with van der Waals surface area (Å²) in [5.41, 5.74) is 2.99. The minimum Gasteiger partial charge on any atom is -0.374 e. The summed E-state index contributed by atoms with van der Waals surface area (Å²) in [6.07, 6.45) is 2.70. The summed E-state index contributed by atoms with van der Waals surface area (Å²) in [6, 6.07) is 6.79. The van der Waals surface area contributed by atoms with Gasteiger partial charge in [-0.2, -0.15) is 0 Å². The van der Waals surface area contributed by atoms with E-state index in [-0.39, 0.29) is 0 Å². The lowest BCUT2D eigenvalue weighted by Crippen LogP contribution is -2.33. The molecule has 0 aliphatic carbocycles. The van der Waals surface area contributed by atoms with Crippen LogP contribution in [0.4, 0.5) is 5.69 Å². The molecule has 0 spiro atoms. The summed E-state index contributed by atoms with van der Waals surface area (Å²) in [6.45, 7) is 3.72. The lowest BCUT2D eigenvalue weighted by molar-refractivity contribution is 0.201. The summed E-state index contributed by atoms with van der Waals surface area (Å²) < 4.78 is 1.19. The third-order valence-corrected chi connectivity index (χ3v) is 5.10. The van der Waals surface area contributed by atoms with E-state index in [2.05, 4.69) is 58.0 Å². The Bertz CT molecular complexity index is 438. The molecule has 1 saturated heterocycles. The molecule has 0 bridgehead atoms. The highest BCUT2D eigenvalue weighted by atomic mass is 79.9. The predicted octanol–water partition coefficient (Wildman–Crippen LogP) is 3.32. The van der Waals surface area contributed by atoms with Gasteiger partial charge in [0, 0.05) is 29.7 Å². The number of hydrogen-bond acceptors (Lipinski definition) is 2. The number of benzene rings is 1. The standard InChI is InChI=1S/C15H21BrN2/c1-17-7-5-11(6-8-17)14-10-18(2)15-9-12(16)3-4-13(14)15/h3-4,9,11,14H,5-8,10H2,1-2H3. The van der Waals surface area contributed by atoms with Crippen molar-refractivity contribution >= 4 is 21.6 Å². The molecule has 0 aromatic heterocycles. The first-order valence-electron chi connectivity index (χ1n) is 6.84. The van der Waals surface area contributed by atoms with Gasteiger partial charge in [0.25, 0.3) is 0 Å². The van der Waals surface area contributed by atoms with E-state index in [1.165, 1.54) is 42.6 Å². The Hall–Kier alpha value is -0.540. The first-order chi connectivity index (χ1) is 8.65. The first kappa shape index (κ1) is 12.5. The van der Waals surface area contributed by atoms with E-state index in [1.54, 1.807) is 5.56 Å². The van der Waals surface area contributed by atoms with Crippen LogP contribution in [-0.4, -0.2) is 38.6 Å². The van der Waals surface area contributed by atoms with Gasteiger partial charge in [0.05, 0.1) is 0 Å². The van der Waals surface area contributed by atoms with Crippen LogP contribution in [0.3, 0.4) is 0 Å². The van der Waals surface area contributed by atoms with Crippen molar-refractivity contribution in [2.45, 2.75) is 18.8 Å². The molecular formula is C15H21BrN2. The summed E-state index contributed by atoms with van der Waals surface area (Å²) in [5, 5.41) is 0. The highest BCUT2D eigenvalue weighted by molar-refractivity contribution is 9.10. The van der Waals surface area contributed by atoms with Crippen molar-refractivity contribution in [1.29, 1.82) is 0 Å². The van der Waals surface area contributed by atoms with Gasteiger partial charge in [-0.25, -0.2) is 0 Å². The fraction of sp³-hybridized carbons (Fsp3) is 0.600. The molecule has 3 rings (SSSR count). The number of rotatable bonds is 1. The maximum Gasteiger partial charge on any atom is 0.0411 e. The molecule has 1 aromatic rings. The van der Waals surface area contributed by atoms with Gasteiger partial charge >= 0.3 is 0 Å². The van der Waals surface area contributed by atoms with E-state index >= 15 is 0 Å². The van der Waals surface area contributed by atoms with Gasteiger partial charge in [0.2, 0.25) is 0 Å². The largest absolute Gasteiger partial charge is 0.374 e. The van der Waals surface area contributed by atoms with E-state index in [0.717, 1.165) is 11.8 Å². The second kappa shape index (κ2) is 4.86. The Balaban J connectivity index is 1.84. The summed E-state index contributed by atoms with van der Waals surface area (Å²) in [7, 11) is 4.46. The van der Waals surface area contributed by atoms with Gasteiger partial charge in [-0.15, -0.1) is 0 Å². The van der Waals surface area contributed by atoms with Crippen LogP contribution in [-0.2, 0) is 0 Å². The highest BCUT2D eigenvalue weighted by Crippen LogP contribution is 2.43. The summed E-state index contributed by atoms with van der Waals surface area (Å²) in [5.74, 6) is 1.61. The minimum absolute atomic E-state index is 0.742. The zero-order valence-corrected chi connectivity index (χ0v) is 12.8. The van der Waals surface area contributed by atoms with Crippen LogP contribution >= 0.6 is 15.9 Å². The molecule has 2 nitrogen and oxygen atoms in total. The number of piperidine rings is 1. The van der Waals surface area contributed by atoms with E-state index in [0.29, 0.717) is 0 Å². The maximum absolute atomic E-state index is 3.58. The summed E-state index contributed by atoms with van der Waals surface area (Å²) in [4.78, 5) is 4.88. The zero-order valence-electron chi connectivity index (χ0n) is 11.2. The Morgan fingerprint density at radius 2 is 1.89 bits per heavy atom. The number of nitrogens with zero attached hydrogens (tertiary/aromatic N) is 2. The molecule has 1 aromatic carbocycles. The van der Waals surface area contributed by atoms with Gasteiger partial charge in [-0.05, 0) is 56.6 Å². The Morgan fingerprint density at radius 3 is 2.61 bits per heavy atom. The molecule has 1 atom stereocenters. The quantitative estimate of drug-likeness (QED) is 0.785. The molecule has 2 aliphatic heterocycles. The maximum atomic E-state index is 3.58. The van der Waals surface area contributed by atoms with Crippen LogP contribution < -0.4 is 4.90 Å². The molecule has 1 unspecified atom stereocenters. The monoisotopic (exact) mass is 308 g/mol. The number of likely N-dealkylation sites (N-methyl/N-ethyl adjacent to an activating group) is 1. The number of likely N-dealkylation sites (tertiary alicyclic amines) is 1. The second-order valence-corrected chi connectivity index (χ2v) is 6.75. The number of anilines is 1. The van der Waals surface area contributed by atoms with Gasteiger partial charge in [-0.1, -0.05) is 22.0 Å². The Morgan fingerprint density at radius 1 is 1.17 bits per heavy atom. The molecule has 2 heterocycles. The predicted molar refractivity (Wildman–Crippen MR) is 80.4 cm³/mol. The van der Waals surface area contributed by atoms with E-state index in [4.69, 9.17) is 0 Å². The van der Waals surface area contributed by atoms with Crippen LogP contribution in [0.25, 0.3) is 0 Å². The smallest absolute Gasteiger partial charge is 0.0411 e. The molecule has 1 fully saturated rings.